The molecule has 0 aliphatic heterocycles. The first-order valence-electron chi connectivity index (χ1n) is 8.76. The second-order valence-electron chi connectivity index (χ2n) is 6.89. The van der Waals surface area contributed by atoms with E-state index >= 15 is 0 Å². The lowest BCUT2D eigenvalue weighted by Crippen LogP contribution is -2.33. The second-order valence-corrected chi connectivity index (χ2v) is 9.38. The molecule has 30 heavy (non-hydrogen) atoms. The van der Waals surface area contributed by atoms with Crippen molar-refractivity contribution in [1.82, 2.24) is 5.32 Å². The summed E-state index contributed by atoms with van der Waals surface area (Å²) in [6, 6.07) is 7.07. The average molecular weight is 470 g/mol. The highest BCUT2D eigenvalue weighted by Crippen LogP contribution is 2.46. The Balaban J connectivity index is 2.16. The summed E-state index contributed by atoms with van der Waals surface area (Å²) >= 11 is 11.7. The Morgan fingerprint density at radius 3 is 2.37 bits per heavy atom. The van der Waals surface area contributed by atoms with Crippen LogP contribution in [0.4, 0.5) is 5.69 Å². The summed E-state index contributed by atoms with van der Waals surface area (Å²) in [7, 11) is -3.11. The van der Waals surface area contributed by atoms with Gasteiger partial charge in [-0.15, -0.1) is 0 Å². The third-order valence-corrected chi connectivity index (χ3v) is 6.97. The SMILES string of the molecule is CNC(=O)c1cc(C2(C#N)CCC2)cc(NS(=O)(=O)c2cc(Cl)cc(Cl)c2O)c1O. The van der Waals surface area contributed by atoms with E-state index in [1.807, 2.05) is 0 Å². The van der Waals surface area contributed by atoms with Crippen LogP contribution in [0.25, 0.3) is 0 Å². The number of nitrogens with one attached hydrogen (secondary N) is 2. The highest BCUT2D eigenvalue weighted by molar-refractivity contribution is 7.92. The molecule has 2 aromatic rings. The van der Waals surface area contributed by atoms with Crippen molar-refractivity contribution in [2.75, 3.05) is 11.8 Å². The van der Waals surface area contributed by atoms with E-state index in [0.717, 1.165) is 12.5 Å². The number of rotatable bonds is 5. The third-order valence-electron chi connectivity index (χ3n) is 5.08. The zero-order valence-electron chi connectivity index (χ0n) is 15.7. The van der Waals surface area contributed by atoms with Gasteiger partial charge in [0.15, 0.2) is 11.5 Å². The molecule has 1 aliphatic carbocycles. The van der Waals surface area contributed by atoms with E-state index in [9.17, 15) is 28.7 Å². The van der Waals surface area contributed by atoms with Gasteiger partial charge in [-0.1, -0.05) is 23.2 Å². The summed E-state index contributed by atoms with van der Waals surface area (Å²) in [5.74, 6) is -2.00. The van der Waals surface area contributed by atoms with Crippen LogP contribution in [0.5, 0.6) is 11.5 Å². The lowest BCUT2D eigenvalue weighted by atomic mass is 9.65. The van der Waals surface area contributed by atoms with Gasteiger partial charge in [0.1, 0.15) is 4.90 Å². The van der Waals surface area contributed by atoms with Crippen LogP contribution in [0.1, 0.15) is 35.2 Å². The van der Waals surface area contributed by atoms with E-state index < -0.39 is 37.7 Å². The van der Waals surface area contributed by atoms with Gasteiger partial charge in [-0.05, 0) is 49.1 Å². The van der Waals surface area contributed by atoms with Crippen molar-refractivity contribution in [3.8, 4) is 17.6 Å². The minimum atomic E-state index is -4.46. The molecule has 0 heterocycles. The van der Waals surface area contributed by atoms with Gasteiger partial charge in [-0.3, -0.25) is 9.52 Å². The van der Waals surface area contributed by atoms with Crippen LogP contribution in [0.15, 0.2) is 29.2 Å². The van der Waals surface area contributed by atoms with Crippen molar-refractivity contribution >= 4 is 44.8 Å². The van der Waals surface area contributed by atoms with Crippen LogP contribution in [0.2, 0.25) is 10.0 Å². The number of hydrogen-bond donors (Lipinski definition) is 4. The maximum atomic E-state index is 12.9. The van der Waals surface area contributed by atoms with Crippen LogP contribution in [-0.4, -0.2) is 31.6 Å². The maximum Gasteiger partial charge on any atom is 0.265 e. The van der Waals surface area contributed by atoms with Crippen LogP contribution in [0, 0.1) is 11.3 Å². The number of benzene rings is 2. The number of nitrogens with zero attached hydrogens (tertiary/aromatic N) is 1. The Labute approximate surface area is 183 Å². The number of phenols is 2. The fourth-order valence-corrected chi connectivity index (χ4v) is 5.05. The number of phenolic OH excluding ortho intramolecular Hbond substituents is 2. The molecule has 4 N–H and O–H groups in total. The molecule has 3 rings (SSSR count). The highest BCUT2D eigenvalue weighted by Gasteiger charge is 2.40. The van der Waals surface area contributed by atoms with E-state index in [4.69, 9.17) is 23.2 Å². The van der Waals surface area contributed by atoms with E-state index in [-0.39, 0.29) is 21.3 Å². The molecule has 1 aliphatic rings. The monoisotopic (exact) mass is 469 g/mol. The Hall–Kier alpha value is -2.67. The molecule has 0 radical (unpaired) electrons. The number of nitriles is 1. The zero-order valence-corrected chi connectivity index (χ0v) is 18.0. The Kier molecular flexibility index (Phi) is 5.78. The van der Waals surface area contributed by atoms with Gasteiger partial charge in [0, 0.05) is 12.1 Å². The molecule has 2 aromatic carbocycles. The first kappa shape index (κ1) is 22.0. The first-order valence-corrected chi connectivity index (χ1v) is 11.0. The number of aromatic hydroxyl groups is 2. The Bertz CT molecular complexity index is 1190. The minimum absolute atomic E-state index is 0.0277. The van der Waals surface area contributed by atoms with Gasteiger partial charge in [0.25, 0.3) is 15.9 Å². The molecule has 1 fully saturated rings. The summed E-state index contributed by atoms with van der Waals surface area (Å²) in [6.07, 6.45) is 1.89. The van der Waals surface area contributed by atoms with Gasteiger partial charge in [-0.2, -0.15) is 5.26 Å². The molecule has 1 amide bonds. The summed E-state index contributed by atoms with van der Waals surface area (Å²) in [5, 5.41) is 32.3. The number of hydrogen-bond acceptors (Lipinski definition) is 6. The van der Waals surface area contributed by atoms with Gasteiger partial charge in [0.05, 0.1) is 27.8 Å². The molecule has 1 saturated carbocycles. The zero-order chi connectivity index (χ0) is 22.3. The number of amides is 1. The van der Waals surface area contributed by atoms with Crippen molar-refractivity contribution in [2.45, 2.75) is 29.6 Å². The lowest BCUT2D eigenvalue weighted by Gasteiger charge is -2.36. The highest BCUT2D eigenvalue weighted by atomic mass is 35.5. The normalized spacial score (nSPS) is 15.0. The van der Waals surface area contributed by atoms with E-state index in [0.29, 0.717) is 18.4 Å². The van der Waals surface area contributed by atoms with Crippen molar-refractivity contribution in [2.24, 2.45) is 0 Å². The topological polar surface area (TPSA) is 140 Å². The average Bonchev–Trinajstić information content (AvgIpc) is 2.65. The molecule has 0 atom stereocenters. The molecule has 0 unspecified atom stereocenters. The van der Waals surface area contributed by atoms with Crippen LogP contribution in [-0.2, 0) is 15.4 Å². The van der Waals surface area contributed by atoms with Crippen molar-refractivity contribution in [3.63, 3.8) is 0 Å². The lowest BCUT2D eigenvalue weighted by molar-refractivity contribution is 0.0960. The number of anilines is 1. The van der Waals surface area contributed by atoms with Crippen LogP contribution >= 0.6 is 23.2 Å². The predicted molar refractivity (Wildman–Crippen MR) is 112 cm³/mol. The number of halogens is 2. The quantitative estimate of drug-likeness (QED) is 0.493. The van der Waals surface area contributed by atoms with E-state index in [1.54, 1.807) is 0 Å². The van der Waals surface area contributed by atoms with Crippen LogP contribution in [0.3, 0.4) is 0 Å². The largest absolute Gasteiger partial charge is 0.505 e. The Morgan fingerprint density at radius 1 is 1.17 bits per heavy atom. The standard InChI is InChI=1S/C19H17Cl2N3O5S/c1-23-18(27)12-5-10(19(9-22)3-2-4-19)6-14(16(12)25)24-30(28,29)15-8-11(20)7-13(21)17(15)26/h5-8,24-26H,2-4H2,1H3,(H,23,27). The van der Waals surface area contributed by atoms with Gasteiger partial charge in [-0.25, -0.2) is 8.42 Å². The molecule has 0 aromatic heterocycles. The molecular weight excluding hydrogens is 453 g/mol. The smallest absolute Gasteiger partial charge is 0.265 e. The summed E-state index contributed by atoms with van der Waals surface area (Å²) in [5.41, 5.74) is -0.984. The van der Waals surface area contributed by atoms with Crippen molar-refractivity contribution < 1.29 is 23.4 Å². The molecular formula is C19H17Cl2N3O5S. The van der Waals surface area contributed by atoms with Crippen molar-refractivity contribution in [1.29, 1.82) is 5.26 Å². The predicted octanol–water partition coefficient (Wildman–Crippen LogP) is 3.51. The number of carbonyl (C=O) groups is 1. The first-order chi connectivity index (χ1) is 14.0. The van der Waals surface area contributed by atoms with Crippen LogP contribution < -0.4 is 10.0 Å². The fourth-order valence-electron chi connectivity index (χ4n) is 3.24. The number of sulfonamides is 1. The third kappa shape index (κ3) is 3.74. The second kappa shape index (κ2) is 7.87. The molecule has 158 valence electrons. The van der Waals surface area contributed by atoms with E-state index in [2.05, 4.69) is 16.1 Å². The van der Waals surface area contributed by atoms with Gasteiger partial charge < -0.3 is 15.5 Å². The van der Waals surface area contributed by atoms with Gasteiger partial charge >= 0.3 is 0 Å². The fraction of sp³-hybridized carbons (Fsp3) is 0.263. The Morgan fingerprint density at radius 2 is 1.83 bits per heavy atom. The van der Waals surface area contributed by atoms with E-state index in [1.165, 1.54) is 25.2 Å². The maximum absolute atomic E-state index is 12.9. The molecule has 0 bridgehead atoms. The summed E-state index contributed by atoms with van der Waals surface area (Å²) in [6.45, 7) is 0. The van der Waals surface area contributed by atoms with Crippen molar-refractivity contribution in [3.05, 3.63) is 45.4 Å². The summed E-state index contributed by atoms with van der Waals surface area (Å²) in [4.78, 5) is 11.6. The molecule has 0 saturated heterocycles. The summed E-state index contributed by atoms with van der Waals surface area (Å²) < 4.78 is 27.9. The number of carbonyl (C=O) groups excluding carboxylic acids is 1. The molecule has 0 spiro atoms. The molecule has 11 heteroatoms. The molecule has 8 nitrogen and oxygen atoms in total. The minimum Gasteiger partial charge on any atom is -0.505 e. The van der Waals surface area contributed by atoms with Gasteiger partial charge in [0.2, 0.25) is 0 Å².